The van der Waals surface area contributed by atoms with Crippen LogP contribution in [0.5, 0.6) is 5.75 Å². The van der Waals surface area contributed by atoms with Crippen LogP contribution in [-0.2, 0) is 4.74 Å². The summed E-state index contributed by atoms with van der Waals surface area (Å²) in [6.45, 7) is 5.84. The van der Waals surface area contributed by atoms with E-state index >= 15 is 0 Å². The van der Waals surface area contributed by atoms with Gasteiger partial charge in [0.2, 0.25) is 8.32 Å². The highest BCUT2D eigenvalue weighted by Gasteiger charge is 2.22. The predicted octanol–water partition coefficient (Wildman–Crippen LogP) is 2.39. The number of carbonyl (C=O) groups is 2. The number of carboxylic acid groups (broad SMARTS) is 1. The molecule has 98 valence electrons. The summed E-state index contributed by atoms with van der Waals surface area (Å²) in [6, 6.07) is 4.11. The molecule has 0 aromatic heterocycles. The van der Waals surface area contributed by atoms with Crippen LogP contribution in [0.25, 0.3) is 0 Å². The Morgan fingerprint density at radius 1 is 1.22 bits per heavy atom. The molecule has 0 fully saturated rings. The average molecular weight is 268 g/mol. The zero-order chi connectivity index (χ0) is 13.9. The number of methoxy groups -OCH3 is 1. The lowest BCUT2D eigenvalue weighted by molar-refractivity contribution is 0.0596. The minimum absolute atomic E-state index is 0.0795. The minimum Gasteiger partial charge on any atom is -0.544 e. The first-order valence-electron chi connectivity index (χ1n) is 5.39. The van der Waals surface area contributed by atoms with E-state index in [1.54, 1.807) is 0 Å². The van der Waals surface area contributed by atoms with Gasteiger partial charge in [0.05, 0.1) is 12.7 Å². The Bertz CT molecular complexity index is 476. The van der Waals surface area contributed by atoms with Crippen LogP contribution in [-0.4, -0.2) is 32.5 Å². The number of hydrogen-bond acceptors (Lipinski definition) is 4. The van der Waals surface area contributed by atoms with E-state index in [1.807, 2.05) is 19.6 Å². The molecule has 1 aromatic carbocycles. The third-order valence-electron chi connectivity index (χ3n) is 2.05. The van der Waals surface area contributed by atoms with E-state index in [0.717, 1.165) is 0 Å². The van der Waals surface area contributed by atoms with E-state index in [9.17, 15) is 9.59 Å². The lowest BCUT2D eigenvalue weighted by atomic mass is 10.1. The van der Waals surface area contributed by atoms with Gasteiger partial charge in [-0.05, 0) is 37.8 Å². The van der Waals surface area contributed by atoms with Crippen molar-refractivity contribution < 1.29 is 23.9 Å². The quantitative estimate of drug-likeness (QED) is 0.670. The summed E-state index contributed by atoms with van der Waals surface area (Å²) < 4.78 is 10.4. The Balaban J connectivity index is 3.26. The van der Waals surface area contributed by atoms with Crippen LogP contribution in [0.3, 0.4) is 0 Å². The van der Waals surface area contributed by atoms with Gasteiger partial charge >= 0.3 is 11.9 Å². The molecule has 0 aliphatic heterocycles. The van der Waals surface area contributed by atoms with E-state index in [4.69, 9.17) is 9.53 Å². The largest absolute Gasteiger partial charge is 0.544 e. The highest BCUT2D eigenvalue weighted by Crippen LogP contribution is 2.24. The molecule has 0 aliphatic rings. The molecule has 0 atom stereocenters. The SMILES string of the molecule is COC(=O)c1ccc(C(=O)O)cc1O[Si](C)(C)C. The molecule has 18 heavy (non-hydrogen) atoms. The van der Waals surface area contributed by atoms with E-state index in [0.29, 0.717) is 0 Å². The van der Waals surface area contributed by atoms with Crippen LogP contribution in [0.15, 0.2) is 18.2 Å². The second-order valence-electron chi connectivity index (χ2n) is 4.72. The Hall–Kier alpha value is -1.82. The predicted molar refractivity (Wildman–Crippen MR) is 68.7 cm³/mol. The van der Waals surface area contributed by atoms with Crippen LogP contribution >= 0.6 is 0 Å². The Morgan fingerprint density at radius 2 is 1.83 bits per heavy atom. The molecule has 0 unspecified atom stereocenters. The molecule has 6 heteroatoms. The molecule has 0 radical (unpaired) electrons. The number of aromatic carboxylic acids is 1. The number of hydrogen-bond donors (Lipinski definition) is 1. The van der Waals surface area contributed by atoms with Gasteiger partial charge in [0.1, 0.15) is 11.3 Å². The first-order chi connectivity index (χ1) is 8.24. The van der Waals surface area contributed by atoms with Crippen molar-refractivity contribution in [3.05, 3.63) is 29.3 Å². The van der Waals surface area contributed by atoms with Gasteiger partial charge in [0.25, 0.3) is 0 Å². The molecule has 1 N–H and O–H groups in total. The molecule has 5 nitrogen and oxygen atoms in total. The van der Waals surface area contributed by atoms with Crippen LogP contribution in [0.4, 0.5) is 0 Å². The van der Waals surface area contributed by atoms with Gasteiger partial charge in [0.15, 0.2) is 0 Å². The second-order valence-corrected chi connectivity index (χ2v) is 9.15. The van der Waals surface area contributed by atoms with E-state index in [1.165, 1.54) is 25.3 Å². The van der Waals surface area contributed by atoms with Crippen LogP contribution in [0.2, 0.25) is 19.6 Å². The molecule has 0 saturated heterocycles. The van der Waals surface area contributed by atoms with Gasteiger partial charge < -0.3 is 14.3 Å². The lowest BCUT2D eigenvalue weighted by Gasteiger charge is -2.21. The number of benzene rings is 1. The molecule has 0 amide bonds. The smallest absolute Gasteiger partial charge is 0.341 e. The van der Waals surface area contributed by atoms with Crippen molar-refractivity contribution in [1.29, 1.82) is 0 Å². The Kier molecular flexibility index (Phi) is 4.13. The highest BCUT2D eigenvalue weighted by atomic mass is 28.4. The zero-order valence-electron chi connectivity index (χ0n) is 10.8. The van der Waals surface area contributed by atoms with Crippen LogP contribution in [0.1, 0.15) is 20.7 Å². The van der Waals surface area contributed by atoms with E-state index in [2.05, 4.69) is 4.74 Å². The molecular weight excluding hydrogens is 252 g/mol. The number of rotatable bonds is 4. The average Bonchev–Trinajstić information content (AvgIpc) is 2.25. The molecular formula is C12H16O5Si. The molecule has 0 heterocycles. The minimum atomic E-state index is -1.95. The van der Waals surface area contributed by atoms with Crippen molar-refractivity contribution in [3.8, 4) is 5.75 Å². The summed E-state index contributed by atoms with van der Waals surface area (Å²) in [5.41, 5.74) is 0.320. The summed E-state index contributed by atoms with van der Waals surface area (Å²) in [4.78, 5) is 22.5. The second kappa shape index (κ2) is 5.22. The van der Waals surface area contributed by atoms with Crippen molar-refractivity contribution in [2.24, 2.45) is 0 Å². The first kappa shape index (κ1) is 14.2. The van der Waals surface area contributed by atoms with Gasteiger partial charge in [-0.3, -0.25) is 0 Å². The summed E-state index contributed by atoms with van der Waals surface area (Å²) >= 11 is 0. The van der Waals surface area contributed by atoms with Crippen molar-refractivity contribution in [3.63, 3.8) is 0 Å². The number of ether oxygens (including phenoxy) is 1. The lowest BCUT2D eigenvalue weighted by Crippen LogP contribution is -2.30. The van der Waals surface area contributed by atoms with Gasteiger partial charge in [-0.25, -0.2) is 9.59 Å². The first-order valence-corrected chi connectivity index (χ1v) is 8.80. The van der Waals surface area contributed by atoms with Gasteiger partial charge in [-0.1, -0.05) is 0 Å². The summed E-state index contributed by atoms with van der Waals surface area (Å²) in [5, 5.41) is 8.93. The number of esters is 1. The standard InChI is InChI=1S/C12H16O5Si/c1-16-12(15)9-6-5-8(11(13)14)7-10(9)17-18(2,3)4/h5-7H,1-4H3,(H,13,14). The van der Waals surface area contributed by atoms with Crippen molar-refractivity contribution in [2.75, 3.05) is 7.11 Å². The van der Waals surface area contributed by atoms with Crippen molar-refractivity contribution >= 4 is 20.3 Å². The van der Waals surface area contributed by atoms with Crippen LogP contribution in [0, 0.1) is 0 Å². The molecule has 0 aliphatic carbocycles. The third kappa shape index (κ3) is 3.59. The fourth-order valence-corrected chi connectivity index (χ4v) is 2.18. The fourth-order valence-electron chi connectivity index (χ4n) is 1.35. The van der Waals surface area contributed by atoms with Gasteiger partial charge in [-0.15, -0.1) is 0 Å². The highest BCUT2D eigenvalue weighted by molar-refractivity contribution is 6.70. The maximum Gasteiger partial charge on any atom is 0.341 e. The number of carboxylic acids is 1. The van der Waals surface area contributed by atoms with Gasteiger partial charge in [0, 0.05) is 0 Å². The fraction of sp³-hybridized carbons (Fsp3) is 0.333. The van der Waals surface area contributed by atoms with E-state index in [-0.39, 0.29) is 16.9 Å². The monoisotopic (exact) mass is 268 g/mol. The van der Waals surface area contributed by atoms with Crippen molar-refractivity contribution in [2.45, 2.75) is 19.6 Å². The molecule has 0 saturated carbocycles. The Morgan fingerprint density at radius 3 is 2.28 bits per heavy atom. The summed E-state index contributed by atoms with van der Waals surface area (Å²) in [5.74, 6) is -1.34. The molecule has 0 bridgehead atoms. The third-order valence-corrected chi connectivity index (χ3v) is 2.88. The van der Waals surface area contributed by atoms with E-state index < -0.39 is 20.3 Å². The normalized spacial score (nSPS) is 10.9. The molecule has 1 aromatic rings. The van der Waals surface area contributed by atoms with Crippen LogP contribution < -0.4 is 4.43 Å². The maximum atomic E-state index is 11.6. The summed E-state index contributed by atoms with van der Waals surface area (Å²) in [7, 11) is -0.677. The molecule has 0 spiro atoms. The van der Waals surface area contributed by atoms with Gasteiger partial charge in [-0.2, -0.15) is 0 Å². The molecule has 1 rings (SSSR count). The summed E-state index contributed by atoms with van der Waals surface area (Å²) in [6.07, 6.45) is 0. The maximum absolute atomic E-state index is 11.6. The van der Waals surface area contributed by atoms with Crippen molar-refractivity contribution in [1.82, 2.24) is 0 Å². The Labute approximate surface area is 106 Å². The number of carbonyl (C=O) groups excluding carboxylic acids is 1. The topological polar surface area (TPSA) is 72.8 Å². The zero-order valence-corrected chi connectivity index (χ0v) is 11.8.